The Labute approximate surface area is 252 Å². The molecule has 8 heteroatoms. The van der Waals surface area contributed by atoms with E-state index in [0.29, 0.717) is 36.6 Å². The maximum atomic E-state index is 13.8. The first kappa shape index (κ1) is 29.4. The van der Waals surface area contributed by atoms with Crippen LogP contribution in [0.5, 0.6) is 11.5 Å². The van der Waals surface area contributed by atoms with Crippen LogP contribution in [0.2, 0.25) is 0 Å². The molecule has 43 heavy (non-hydrogen) atoms. The van der Waals surface area contributed by atoms with Crippen molar-refractivity contribution in [2.24, 2.45) is 5.92 Å². The maximum absolute atomic E-state index is 13.8. The van der Waals surface area contributed by atoms with Crippen LogP contribution >= 0.6 is 0 Å². The number of rotatable bonds is 8. The van der Waals surface area contributed by atoms with Gasteiger partial charge < -0.3 is 19.5 Å². The van der Waals surface area contributed by atoms with Crippen molar-refractivity contribution in [3.8, 4) is 11.5 Å². The number of fused-ring (bicyclic) bond motifs is 2. The fourth-order valence-electron chi connectivity index (χ4n) is 6.91. The van der Waals surface area contributed by atoms with Gasteiger partial charge in [0.05, 0.1) is 5.69 Å². The van der Waals surface area contributed by atoms with Crippen LogP contribution in [0.3, 0.4) is 0 Å². The van der Waals surface area contributed by atoms with Gasteiger partial charge >= 0.3 is 5.97 Å². The van der Waals surface area contributed by atoms with Crippen molar-refractivity contribution in [3.63, 3.8) is 0 Å². The second-order valence-electron chi connectivity index (χ2n) is 12.3. The summed E-state index contributed by atoms with van der Waals surface area (Å²) in [6, 6.07) is 15.5. The van der Waals surface area contributed by atoms with E-state index >= 15 is 0 Å². The summed E-state index contributed by atoms with van der Waals surface area (Å²) in [7, 11) is 2.06. The fourth-order valence-corrected chi connectivity index (χ4v) is 6.91. The molecule has 2 aliphatic heterocycles. The van der Waals surface area contributed by atoms with E-state index in [-0.39, 0.29) is 6.10 Å². The minimum absolute atomic E-state index is 0.158. The zero-order valence-electron chi connectivity index (χ0n) is 24.9. The topological polar surface area (TPSA) is 62.2 Å². The van der Waals surface area contributed by atoms with Gasteiger partial charge in [0.25, 0.3) is 0 Å². The molecular formula is C35H40F2N2O4. The van der Waals surface area contributed by atoms with Gasteiger partial charge in [0.2, 0.25) is 0 Å². The summed E-state index contributed by atoms with van der Waals surface area (Å²) in [5, 5.41) is 10.1. The molecule has 3 aliphatic rings. The third-order valence-electron chi connectivity index (χ3n) is 9.38. The number of anilines is 1. The van der Waals surface area contributed by atoms with Crippen LogP contribution in [0.4, 0.5) is 14.5 Å². The molecule has 1 aliphatic carbocycles. The molecule has 0 bridgehead atoms. The number of nitrogens with zero attached hydrogens (tertiary/aromatic N) is 2. The number of carboxylic acids is 1. The molecule has 0 amide bonds. The minimum atomic E-state index is -0.879. The van der Waals surface area contributed by atoms with Crippen molar-refractivity contribution in [2.75, 3.05) is 25.0 Å². The molecular weight excluding hydrogens is 550 g/mol. The zero-order chi connectivity index (χ0) is 30.1. The lowest BCUT2D eigenvalue weighted by atomic mass is 9.91. The molecule has 3 aromatic carbocycles. The number of hydrogen-bond acceptors (Lipinski definition) is 5. The smallest absolute Gasteiger partial charge is 0.321 e. The summed E-state index contributed by atoms with van der Waals surface area (Å²) in [5.74, 6) is -0.447. The Morgan fingerprint density at radius 3 is 2.49 bits per heavy atom. The van der Waals surface area contributed by atoms with E-state index in [1.54, 1.807) is 6.07 Å². The highest BCUT2D eigenvalue weighted by Gasteiger charge is 2.35. The molecule has 3 atom stereocenters. The van der Waals surface area contributed by atoms with Crippen LogP contribution in [0.15, 0.2) is 54.6 Å². The Morgan fingerprint density at radius 2 is 1.79 bits per heavy atom. The zero-order valence-corrected chi connectivity index (χ0v) is 24.9. The van der Waals surface area contributed by atoms with Crippen LogP contribution < -0.4 is 14.4 Å². The molecule has 6 nitrogen and oxygen atoms in total. The number of ether oxygens (including phenoxy) is 2. The predicted molar refractivity (Wildman–Crippen MR) is 162 cm³/mol. The average molecular weight is 591 g/mol. The fraction of sp³-hybridized carbons (Fsp3) is 0.457. The lowest BCUT2D eigenvalue weighted by Crippen LogP contribution is -2.47. The molecule has 1 saturated carbocycles. The maximum Gasteiger partial charge on any atom is 0.321 e. The van der Waals surface area contributed by atoms with Gasteiger partial charge in [-0.2, -0.15) is 0 Å². The van der Waals surface area contributed by atoms with E-state index in [2.05, 4.69) is 29.0 Å². The van der Waals surface area contributed by atoms with Crippen molar-refractivity contribution in [2.45, 2.75) is 76.7 Å². The second kappa shape index (κ2) is 12.5. The van der Waals surface area contributed by atoms with Crippen molar-refractivity contribution in [3.05, 3.63) is 88.5 Å². The van der Waals surface area contributed by atoms with Crippen molar-refractivity contribution in [1.82, 2.24) is 4.90 Å². The molecule has 0 aromatic heterocycles. The molecule has 1 N–H and O–H groups in total. The summed E-state index contributed by atoms with van der Waals surface area (Å²) in [6.07, 6.45) is 6.19. The van der Waals surface area contributed by atoms with Gasteiger partial charge in [-0.1, -0.05) is 38.0 Å². The van der Waals surface area contributed by atoms with Crippen LogP contribution in [-0.2, 0) is 17.8 Å². The summed E-state index contributed by atoms with van der Waals surface area (Å²) in [4.78, 5) is 16.6. The number of aliphatic carboxylic acids is 1. The van der Waals surface area contributed by atoms with Gasteiger partial charge in [-0.15, -0.1) is 0 Å². The molecule has 228 valence electrons. The van der Waals surface area contributed by atoms with E-state index in [4.69, 9.17) is 9.47 Å². The van der Waals surface area contributed by atoms with Crippen LogP contribution in [0.1, 0.15) is 79.9 Å². The molecule has 2 heterocycles. The standard InChI is InChI=1S/C35H40F2N2O4/c1-3-32(24-10-13-28(36)29(37)16-24)42-27-11-8-23(9-12-27)33-14-15-38(2)30-17-25-18-31(35(40)41)39(20-22-6-4-5-7-22)21-26(25)19-34(30)43-33/h8-13,16-17,19,22,31-33H,3-7,14-15,18,20-21H2,1-2H3,(H,40,41)/t31-,32+,33+/m0/s1. The van der Waals surface area contributed by atoms with Crippen molar-refractivity contribution in [1.29, 1.82) is 0 Å². The highest BCUT2D eigenvalue weighted by atomic mass is 19.2. The van der Waals surface area contributed by atoms with E-state index in [1.807, 2.05) is 31.2 Å². The molecule has 0 spiro atoms. The summed E-state index contributed by atoms with van der Waals surface area (Å²) >= 11 is 0. The SMILES string of the molecule is CC[C@@H](Oc1ccc([C@H]2CCN(C)c3cc4c(cc3O2)CN(CC2CCCC2)[C@H](C(=O)O)C4)cc1)c1ccc(F)c(F)c1. The number of carbonyl (C=O) groups is 1. The number of halogens is 2. The monoisotopic (exact) mass is 590 g/mol. The lowest BCUT2D eigenvalue weighted by molar-refractivity contribution is -0.144. The van der Waals surface area contributed by atoms with E-state index in [9.17, 15) is 18.7 Å². The van der Waals surface area contributed by atoms with Gasteiger partial charge in [0, 0.05) is 33.1 Å². The molecule has 3 aromatic rings. The normalized spacial score (nSPS) is 21.4. The molecule has 0 saturated heterocycles. The molecule has 1 fully saturated rings. The Morgan fingerprint density at radius 1 is 1.02 bits per heavy atom. The van der Waals surface area contributed by atoms with Crippen molar-refractivity contribution < 1.29 is 28.2 Å². The highest BCUT2D eigenvalue weighted by molar-refractivity contribution is 5.75. The molecule has 0 unspecified atom stereocenters. The van der Waals surface area contributed by atoms with Crippen LogP contribution in [-0.4, -0.2) is 42.2 Å². The third-order valence-corrected chi connectivity index (χ3v) is 9.38. The van der Waals surface area contributed by atoms with E-state index < -0.39 is 29.7 Å². The second-order valence-corrected chi connectivity index (χ2v) is 12.3. The van der Waals surface area contributed by atoms with E-state index in [0.717, 1.165) is 53.7 Å². The molecule has 6 rings (SSSR count). The number of benzene rings is 3. The third kappa shape index (κ3) is 6.35. The highest BCUT2D eigenvalue weighted by Crippen LogP contribution is 2.41. The van der Waals surface area contributed by atoms with Gasteiger partial charge in [0.1, 0.15) is 29.7 Å². The van der Waals surface area contributed by atoms with Gasteiger partial charge in [-0.05, 0) is 90.3 Å². The Kier molecular flexibility index (Phi) is 8.57. The first-order valence-corrected chi connectivity index (χ1v) is 15.5. The minimum Gasteiger partial charge on any atom is -0.486 e. The Balaban J connectivity index is 1.19. The summed E-state index contributed by atoms with van der Waals surface area (Å²) in [6.45, 7) is 4.19. The van der Waals surface area contributed by atoms with Gasteiger partial charge in [0.15, 0.2) is 11.6 Å². The average Bonchev–Trinajstić information content (AvgIpc) is 3.46. The molecule has 0 radical (unpaired) electrons. The van der Waals surface area contributed by atoms with E-state index in [1.165, 1.54) is 31.7 Å². The van der Waals surface area contributed by atoms with Crippen LogP contribution in [0.25, 0.3) is 0 Å². The largest absolute Gasteiger partial charge is 0.486 e. The summed E-state index contributed by atoms with van der Waals surface area (Å²) in [5.41, 5.74) is 4.86. The van der Waals surface area contributed by atoms with Crippen LogP contribution in [0, 0.1) is 17.6 Å². The van der Waals surface area contributed by atoms with Gasteiger partial charge in [-0.3, -0.25) is 9.69 Å². The summed E-state index contributed by atoms with van der Waals surface area (Å²) < 4.78 is 40.0. The quantitative estimate of drug-likeness (QED) is 0.294. The first-order valence-electron chi connectivity index (χ1n) is 15.5. The number of carboxylic acid groups (broad SMARTS) is 1. The van der Waals surface area contributed by atoms with Crippen molar-refractivity contribution >= 4 is 11.7 Å². The Bertz CT molecular complexity index is 1460. The lowest BCUT2D eigenvalue weighted by Gasteiger charge is -2.36. The van der Waals surface area contributed by atoms with Gasteiger partial charge in [-0.25, -0.2) is 8.78 Å². The number of hydrogen-bond donors (Lipinski definition) is 1. The first-order chi connectivity index (χ1) is 20.8. The predicted octanol–water partition coefficient (Wildman–Crippen LogP) is 7.46. The Hall–Kier alpha value is -3.65.